The normalized spacial score (nSPS) is 18.6. The van der Waals surface area contributed by atoms with Crippen LogP contribution in [0.3, 0.4) is 0 Å². The maximum Gasteiger partial charge on any atom is 0.290 e. The van der Waals surface area contributed by atoms with Gasteiger partial charge in [-0.25, -0.2) is 0 Å². The van der Waals surface area contributed by atoms with Gasteiger partial charge in [-0.15, -0.1) is 0 Å². The van der Waals surface area contributed by atoms with E-state index >= 15 is 0 Å². The Kier molecular flexibility index (Phi) is 5.50. The van der Waals surface area contributed by atoms with Crippen molar-refractivity contribution in [1.82, 2.24) is 0 Å². The van der Waals surface area contributed by atoms with Crippen LogP contribution in [0.1, 0.15) is 23.1 Å². The molecule has 5 nitrogen and oxygen atoms in total. The zero-order valence-corrected chi connectivity index (χ0v) is 13.5. The van der Waals surface area contributed by atoms with Crippen molar-refractivity contribution < 1.29 is 20.7 Å². The minimum Gasteiger partial charge on any atom is -0.724 e. The standard InChI is InChI=1S/C17H18N2O.CH4O2/c1-12-6-2-5-9-15(12)19-16(20)17(18)11-10-13-7-3-4-8-14(13)17;1-3-2/h2-9H,10-11,18H2,1H3,(H,19,20);2H,1H3. The van der Waals surface area contributed by atoms with Crippen molar-refractivity contribution in [3.8, 4) is 0 Å². The molecule has 5 heteroatoms. The molecule has 0 heterocycles. The smallest absolute Gasteiger partial charge is 0.290 e. The van der Waals surface area contributed by atoms with Crippen molar-refractivity contribution in [2.45, 2.75) is 25.3 Å². The Morgan fingerprint density at radius 1 is 1.22 bits per heavy atom. The van der Waals surface area contributed by atoms with Crippen LogP contribution in [-0.2, 0) is 21.6 Å². The van der Waals surface area contributed by atoms with E-state index in [0.717, 1.165) is 36.8 Å². The first-order valence-corrected chi connectivity index (χ1v) is 7.49. The fourth-order valence-electron chi connectivity index (χ4n) is 2.88. The highest BCUT2D eigenvalue weighted by molar-refractivity contribution is 5.98. The predicted octanol–water partition coefficient (Wildman–Crippen LogP) is 0.925. The highest BCUT2D eigenvalue weighted by atomic mass is 17.1. The average Bonchev–Trinajstić information content (AvgIpc) is 2.90. The number of rotatable bonds is 2. The van der Waals surface area contributed by atoms with Gasteiger partial charge in [-0.05, 0) is 30.5 Å². The van der Waals surface area contributed by atoms with Crippen molar-refractivity contribution in [3.63, 3.8) is 0 Å². The number of carbonyl (C=O) groups is 1. The molecule has 4 N–H and O–H groups in total. The van der Waals surface area contributed by atoms with E-state index in [1.165, 1.54) is 5.56 Å². The number of hydrogen-bond acceptors (Lipinski definition) is 3. The number of carbonyl (C=O) groups excluding carboxylic acids is 1. The summed E-state index contributed by atoms with van der Waals surface area (Å²) in [5, 5.41) is 11.5. The van der Waals surface area contributed by atoms with Crippen LogP contribution in [0, 0.1) is 6.92 Å². The van der Waals surface area contributed by atoms with Crippen LogP contribution in [0.25, 0.3) is 0 Å². The summed E-state index contributed by atoms with van der Waals surface area (Å²) in [6, 6.07) is 15.9. The minimum atomic E-state index is -0.668. The van der Waals surface area contributed by atoms with Gasteiger partial charge in [0.2, 0.25) is 5.54 Å². The van der Waals surface area contributed by atoms with Crippen molar-refractivity contribution in [1.29, 1.82) is 0 Å². The molecule has 0 aliphatic heterocycles. The third-order valence-electron chi connectivity index (χ3n) is 4.18. The molecule has 1 unspecified atom stereocenters. The minimum absolute atomic E-state index is 0.0169. The van der Waals surface area contributed by atoms with Crippen LogP contribution in [0.5, 0.6) is 0 Å². The lowest BCUT2D eigenvalue weighted by molar-refractivity contribution is -0.679. The number of fused-ring (bicyclic) bond motifs is 1. The van der Waals surface area contributed by atoms with Gasteiger partial charge in [0.15, 0.2) is 0 Å². The van der Waals surface area contributed by atoms with Crippen LogP contribution >= 0.6 is 0 Å². The highest BCUT2D eigenvalue weighted by Gasteiger charge is 2.45. The predicted molar refractivity (Wildman–Crippen MR) is 86.1 cm³/mol. The maximum atomic E-state index is 12.7. The van der Waals surface area contributed by atoms with E-state index in [1.54, 1.807) is 0 Å². The van der Waals surface area contributed by atoms with Crippen molar-refractivity contribution >= 4 is 11.6 Å². The molecule has 122 valence electrons. The Morgan fingerprint density at radius 3 is 2.52 bits per heavy atom. The Balaban J connectivity index is 0.000000595. The molecular weight excluding hydrogens is 292 g/mol. The Bertz CT molecular complexity index is 687. The van der Waals surface area contributed by atoms with Gasteiger partial charge < -0.3 is 21.2 Å². The van der Waals surface area contributed by atoms with Crippen molar-refractivity contribution in [2.24, 2.45) is 0 Å². The summed E-state index contributed by atoms with van der Waals surface area (Å²) in [7, 11) is 1.07. The van der Waals surface area contributed by atoms with Crippen LogP contribution in [0.4, 0.5) is 5.69 Å². The van der Waals surface area contributed by atoms with E-state index in [0.29, 0.717) is 0 Å². The van der Waals surface area contributed by atoms with Gasteiger partial charge in [-0.2, -0.15) is 0 Å². The Labute approximate surface area is 136 Å². The van der Waals surface area contributed by atoms with E-state index in [9.17, 15) is 4.79 Å². The third-order valence-corrected chi connectivity index (χ3v) is 4.18. The molecule has 1 aliphatic rings. The molecule has 2 aromatic carbocycles. The Morgan fingerprint density at radius 2 is 1.83 bits per heavy atom. The van der Waals surface area contributed by atoms with Crippen molar-refractivity contribution in [3.05, 3.63) is 65.2 Å². The SMILES string of the molecule is CO[O-].Cc1ccccc1NC(=O)C1([NH3+])CCc2ccccc21. The van der Waals surface area contributed by atoms with Gasteiger partial charge in [-0.3, -0.25) is 4.79 Å². The van der Waals surface area contributed by atoms with E-state index in [1.807, 2.05) is 49.4 Å². The second-order valence-electron chi connectivity index (χ2n) is 5.67. The monoisotopic (exact) mass is 314 g/mol. The summed E-state index contributed by atoms with van der Waals surface area (Å²) in [6.45, 7) is 1.99. The molecule has 1 atom stereocenters. The molecule has 0 aromatic heterocycles. The van der Waals surface area contributed by atoms with Crippen LogP contribution in [0.15, 0.2) is 48.5 Å². The van der Waals surface area contributed by atoms with Gasteiger partial charge in [0.05, 0.1) is 0 Å². The summed E-state index contributed by atoms with van der Waals surface area (Å²) in [4.78, 5) is 15.7. The summed E-state index contributed by atoms with van der Waals surface area (Å²) in [5.74, 6) is -0.0169. The number of aryl methyl sites for hydroxylation is 2. The van der Waals surface area contributed by atoms with Gasteiger partial charge in [0.25, 0.3) is 5.91 Å². The third kappa shape index (κ3) is 3.59. The molecule has 23 heavy (non-hydrogen) atoms. The Hall–Kier alpha value is -2.21. The van der Waals surface area contributed by atoms with Gasteiger partial charge in [-0.1, -0.05) is 42.5 Å². The van der Waals surface area contributed by atoms with Crippen LogP contribution in [-0.4, -0.2) is 13.0 Å². The lowest BCUT2D eigenvalue weighted by atomic mass is 9.92. The number of hydrogen-bond donors (Lipinski definition) is 2. The number of nitrogens with one attached hydrogen (secondary N) is 1. The molecule has 0 spiro atoms. The molecule has 0 bridgehead atoms. The lowest BCUT2D eigenvalue weighted by Gasteiger charge is -2.21. The van der Waals surface area contributed by atoms with E-state index in [2.05, 4.69) is 22.0 Å². The van der Waals surface area contributed by atoms with E-state index in [4.69, 9.17) is 5.26 Å². The quantitative estimate of drug-likeness (QED) is 0.638. The lowest BCUT2D eigenvalue weighted by Crippen LogP contribution is -2.74. The molecule has 2 aromatic rings. The number of para-hydroxylation sites is 1. The first-order valence-electron chi connectivity index (χ1n) is 7.49. The van der Waals surface area contributed by atoms with Crippen LogP contribution in [0.2, 0.25) is 0 Å². The van der Waals surface area contributed by atoms with Crippen molar-refractivity contribution in [2.75, 3.05) is 12.4 Å². The zero-order chi connectivity index (χ0) is 16.9. The molecule has 0 radical (unpaired) electrons. The zero-order valence-electron chi connectivity index (χ0n) is 13.5. The number of amides is 1. The number of anilines is 1. The molecule has 0 saturated carbocycles. The maximum absolute atomic E-state index is 12.7. The summed E-state index contributed by atoms with van der Waals surface area (Å²) in [5.41, 5.74) is 7.79. The largest absolute Gasteiger partial charge is 0.724 e. The molecule has 3 rings (SSSR count). The van der Waals surface area contributed by atoms with E-state index < -0.39 is 5.54 Å². The molecular formula is C18H22N2O3. The molecule has 0 fully saturated rings. The fourth-order valence-corrected chi connectivity index (χ4v) is 2.88. The first-order chi connectivity index (χ1) is 11.0. The molecule has 0 saturated heterocycles. The second-order valence-corrected chi connectivity index (χ2v) is 5.67. The van der Waals surface area contributed by atoms with E-state index in [-0.39, 0.29) is 5.91 Å². The second kappa shape index (κ2) is 7.37. The topological polar surface area (TPSA) is 89.0 Å². The van der Waals surface area contributed by atoms with Gasteiger partial charge in [0.1, 0.15) is 0 Å². The van der Waals surface area contributed by atoms with Gasteiger partial charge in [0, 0.05) is 24.8 Å². The summed E-state index contributed by atoms with van der Waals surface area (Å²) < 4.78 is 0. The average molecular weight is 314 g/mol. The fraction of sp³-hybridized carbons (Fsp3) is 0.278. The van der Waals surface area contributed by atoms with Gasteiger partial charge >= 0.3 is 0 Å². The summed E-state index contributed by atoms with van der Waals surface area (Å²) in [6.07, 6.45) is 1.69. The number of benzene rings is 2. The number of quaternary nitrogens is 1. The molecule has 1 aliphatic carbocycles. The highest BCUT2D eigenvalue weighted by Crippen LogP contribution is 2.34. The first kappa shape index (κ1) is 17.1. The summed E-state index contributed by atoms with van der Waals surface area (Å²) >= 11 is 0. The van der Waals surface area contributed by atoms with Crippen LogP contribution < -0.4 is 16.3 Å². The molecule has 1 amide bonds.